The largest absolute Gasteiger partial charge is 0.508 e. The fourth-order valence-corrected chi connectivity index (χ4v) is 2.31. The summed E-state index contributed by atoms with van der Waals surface area (Å²) in [5, 5.41) is 12.1. The Balaban J connectivity index is 1.76. The third-order valence-electron chi connectivity index (χ3n) is 3.60. The second kappa shape index (κ2) is 4.80. The van der Waals surface area contributed by atoms with Crippen molar-refractivity contribution in [2.24, 2.45) is 0 Å². The molecule has 1 aliphatic carbocycles. The minimum atomic E-state index is -0.109. The van der Waals surface area contributed by atoms with Gasteiger partial charge in [-0.15, -0.1) is 0 Å². The van der Waals surface area contributed by atoms with Crippen molar-refractivity contribution >= 4 is 11.6 Å². The zero-order valence-electron chi connectivity index (χ0n) is 10.5. The molecule has 0 radical (unpaired) electrons. The van der Waals surface area contributed by atoms with E-state index in [1.165, 1.54) is 6.42 Å². The number of hydrogen-bond acceptors (Lipinski definition) is 2. The lowest BCUT2D eigenvalue weighted by molar-refractivity contribution is 0.101. The molecule has 2 N–H and O–H groups in total. The van der Waals surface area contributed by atoms with Crippen molar-refractivity contribution in [3.8, 4) is 5.75 Å². The van der Waals surface area contributed by atoms with Crippen LogP contribution in [0.15, 0.2) is 42.6 Å². The fourth-order valence-electron chi connectivity index (χ4n) is 2.31. The molecule has 0 bridgehead atoms. The molecule has 0 unspecified atom stereocenters. The Morgan fingerprint density at radius 2 is 1.95 bits per heavy atom. The number of carbonyl (C=O) groups excluding carboxylic acids is 1. The number of benzene rings is 1. The van der Waals surface area contributed by atoms with Gasteiger partial charge >= 0.3 is 0 Å². The maximum Gasteiger partial charge on any atom is 0.272 e. The number of phenolic OH excluding ortho intramolecular Hbond substituents is 1. The molecule has 1 aromatic heterocycles. The highest BCUT2D eigenvalue weighted by atomic mass is 16.3. The first-order valence-electron chi connectivity index (χ1n) is 6.51. The van der Waals surface area contributed by atoms with E-state index in [4.69, 9.17) is 0 Å². The summed E-state index contributed by atoms with van der Waals surface area (Å²) in [5.74, 6) is 0.0819. The van der Waals surface area contributed by atoms with Gasteiger partial charge in [0.05, 0.1) is 0 Å². The Bertz CT molecular complexity index is 582. The lowest BCUT2D eigenvalue weighted by Crippen LogP contribution is -2.23. The summed E-state index contributed by atoms with van der Waals surface area (Å²) in [5.41, 5.74) is 1.38. The number of aromatic nitrogens is 1. The standard InChI is InChI=1S/C15H16N2O2/c18-13-8-6-11(7-9-13)16-15(19)14-5-2-10-17(14)12-3-1-4-12/h2,5-10,12,18H,1,3-4H2,(H,16,19). The van der Waals surface area contributed by atoms with Gasteiger partial charge in [-0.2, -0.15) is 0 Å². The number of rotatable bonds is 3. The van der Waals surface area contributed by atoms with Crippen molar-refractivity contribution in [1.29, 1.82) is 0 Å². The molecule has 3 rings (SSSR count). The first kappa shape index (κ1) is 11.8. The van der Waals surface area contributed by atoms with Crippen LogP contribution in [-0.4, -0.2) is 15.6 Å². The van der Waals surface area contributed by atoms with Gasteiger partial charge in [-0.3, -0.25) is 4.79 Å². The van der Waals surface area contributed by atoms with Gasteiger partial charge < -0.3 is 15.0 Å². The van der Waals surface area contributed by atoms with Crippen LogP contribution in [0.1, 0.15) is 35.8 Å². The van der Waals surface area contributed by atoms with Crippen LogP contribution in [0.3, 0.4) is 0 Å². The molecule has 4 heteroatoms. The molecule has 1 aromatic carbocycles. The minimum Gasteiger partial charge on any atom is -0.508 e. The molecule has 1 saturated carbocycles. The number of phenols is 1. The number of amides is 1. The summed E-state index contributed by atoms with van der Waals surface area (Å²) in [6.45, 7) is 0. The number of nitrogens with zero attached hydrogens (tertiary/aromatic N) is 1. The number of carbonyl (C=O) groups is 1. The van der Waals surface area contributed by atoms with Crippen LogP contribution in [0.5, 0.6) is 5.75 Å². The first-order valence-corrected chi connectivity index (χ1v) is 6.51. The molecule has 4 nitrogen and oxygen atoms in total. The lowest BCUT2D eigenvalue weighted by atomic mass is 9.93. The average molecular weight is 256 g/mol. The van der Waals surface area contributed by atoms with Crippen LogP contribution in [0, 0.1) is 0 Å². The molecular formula is C15H16N2O2. The van der Waals surface area contributed by atoms with Crippen molar-refractivity contribution in [3.05, 3.63) is 48.3 Å². The molecule has 1 amide bonds. The second-order valence-electron chi connectivity index (χ2n) is 4.89. The number of anilines is 1. The van der Waals surface area contributed by atoms with Gasteiger partial charge in [0.15, 0.2) is 0 Å². The summed E-state index contributed by atoms with van der Waals surface area (Å²) < 4.78 is 2.05. The minimum absolute atomic E-state index is 0.109. The van der Waals surface area contributed by atoms with E-state index in [0.29, 0.717) is 17.4 Å². The first-order chi connectivity index (χ1) is 9.24. The molecule has 0 atom stereocenters. The van der Waals surface area contributed by atoms with Gasteiger partial charge in [0.25, 0.3) is 5.91 Å². The Morgan fingerprint density at radius 1 is 1.21 bits per heavy atom. The van der Waals surface area contributed by atoms with Gasteiger partial charge in [0.2, 0.25) is 0 Å². The van der Waals surface area contributed by atoms with Gasteiger partial charge in [-0.1, -0.05) is 0 Å². The van der Waals surface area contributed by atoms with E-state index in [1.54, 1.807) is 24.3 Å². The number of aromatic hydroxyl groups is 1. The predicted molar refractivity (Wildman–Crippen MR) is 73.4 cm³/mol. The van der Waals surface area contributed by atoms with Gasteiger partial charge in [-0.25, -0.2) is 0 Å². The summed E-state index contributed by atoms with van der Waals surface area (Å²) in [6, 6.07) is 10.7. The van der Waals surface area contributed by atoms with E-state index in [0.717, 1.165) is 12.8 Å². The highest BCUT2D eigenvalue weighted by molar-refractivity contribution is 6.03. The third kappa shape index (κ3) is 2.34. The number of nitrogens with one attached hydrogen (secondary N) is 1. The molecule has 1 fully saturated rings. The third-order valence-corrected chi connectivity index (χ3v) is 3.60. The average Bonchev–Trinajstić information content (AvgIpc) is 2.79. The Hall–Kier alpha value is -2.23. The van der Waals surface area contributed by atoms with E-state index in [1.807, 2.05) is 18.3 Å². The molecule has 0 saturated heterocycles. The van der Waals surface area contributed by atoms with E-state index in [-0.39, 0.29) is 11.7 Å². The van der Waals surface area contributed by atoms with Crippen LogP contribution >= 0.6 is 0 Å². The fraction of sp³-hybridized carbons (Fsp3) is 0.267. The maximum absolute atomic E-state index is 12.2. The van der Waals surface area contributed by atoms with Crippen LogP contribution < -0.4 is 5.32 Å². The lowest BCUT2D eigenvalue weighted by Gasteiger charge is -2.28. The topological polar surface area (TPSA) is 54.3 Å². The highest BCUT2D eigenvalue weighted by Gasteiger charge is 2.23. The van der Waals surface area contributed by atoms with Crippen molar-refractivity contribution in [3.63, 3.8) is 0 Å². The van der Waals surface area contributed by atoms with Crippen LogP contribution in [0.4, 0.5) is 5.69 Å². The van der Waals surface area contributed by atoms with Gasteiger partial charge in [-0.05, 0) is 55.7 Å². The molecular weight excluding hydrogens is 240 g/mol. The molecule has 1 aliphatic rings. The van der Waals surface area contributed by atoms with E-state index in [9.17, 15) is 9.90 Å². The normalized spacial score (nSPS) is 14.9. The Labute approximate surface area is 111 Å². The van der Waals surface area contributed by atoms with E-state index < -0.39 is 0 Å². The van der Waals surface area contributed by atoms with Crippen molar-refractivity contribution in [1.82, 2.24) is 4.57 Å². The Kier molecular flexibility index (Phi) is 2.99. The van der Waals surface area contributed by atoms with Crippen molar-refractivity contribution in [2.45, 2.75) is 25.3 Å². The molecule has 2 aromatic rings. The summed E-state index contributed by atoms with van der Waals surface area (Å²) in [4.78, 5) is 12.2. The highest BCUT2D eigenvalue weighted by Crippen LogP contribution is 2.32. The summed E-state index contributed by atoms with van der Waals surface area (Å²) in [7, 11) is 0. The molecule has 1 heterocycles. The smallest absolute Gasteiger partial charge is 0.272 e. The quantitative estimate of drug-likeness (QED) is 0.829. The maximum atomic E-state index is 12.2. The van der Waals surface area contributed by atoms with E-state index in [2.05, 4.69) is 9.88 Å². The molecule has 98 valence electrons. The van der Waals surface area contributed by atoms with E-state index >= 15 is 0 Å². The van der Waals surface area contributed by atoms with Gasteiger partial charge in [0.1, 0.15) is 11.4 Å². The van der Waals surface area contributed by atoms with Crippen LogP contribution in [-0.2, 0) is 0 Å². The SMILES string of the molecule is O=C(Nc1ccc(O)cc1)c1cccn1C1CCC1. The Morgan fingerprint density at radius 3 is 2.58 bits per heavy atom. The molecule has 19 heavy (non-hydrogen) atoms. The molecule has 0 aliphatic heterocycles. The zero-order valence-corrected chi connectivity index (χ0v) is 10.5. The van der Waals surface area contributed by atoms with Crippen LogP contribution in [0.2, 0.25) is 0 Å². The predicted octanol–water partition coefficient (Wildman–Crippen LogP) is 3.17. The monoisotopic (exact) mass is 256 g/mol. The molecule has 0 spiro atoms. The van der Waals surface area contributed by atoms with Crippen LogP contribution in [0.25, 0.3) is 0 Å². The summed E-state index contributed by atoms with van der Waals surface area (Å²) in [6.07, 6.45) is 5.50. The van der Waals surface area contributed by atoms with Crippen molar-refractivity contribution in [2.75, 3.05) is 5.32 Å². The van der Waals surface area contributed by atoms with Gasteiger partial charge in [0, 0.05) is 17.9 Å². The van der Waals surface area contributed by atoms with Crippen molar-refractivity contribution < 1.29 is 9.90 Å². The second-order valence-corrected chi connectivity index (χ2v) is 4.89. The zero-order chi connectivity index (χ0) is 13.2. The summed E-state index contributed by atoms with van der Waals surface area (Å²) >= 11 is 0. The number of hydrogen-bond donors (Lipinski definition) is 2.